The van der Waals surface area contributed by atoms with Crippen molar-refractivity contribution in [1.29, 1.82) is 0 Å². The van der Waals surface area contributed by atoms with Crippen molar-refractivity contribution in [2.24, 2.45) is 10.9 Å². The number of amidine groups is 1. The number of rotatable bonds is 4. The Hall–Kier alpha value is -1.85. The Bertz CT molecular complexity index is 369. The van der Waals surface area contributed by atoms with Crippen molar-refractivity contribution in [3.63, 3.8) is 0 Å². The van der Waals surface area contributed by atoms with E-state index in [9.17, 15) is 8.78 Å². The Balaban J connectivity index is 2.51. The van der Waals surface area contributed by atoms with Crippen molar-refractivity contribution in [2.45, 2.75) is 6.42 Å². The van der Waals surface area contributed by atoms with Gasteiger partial charge in [0.05, 0.1) is 6.61 Å². The van der Waals surface area contributed by atoms with Crippen molar-refractivity contribution in [2.75, 3.05) is 6.61 Å². The molecule has 0 bridgehead atoms. The summed E-state index contributed by atoms with van der Waals surface area (Å²) in [7, 11) is 0. The summed E-state index contributed by atoms with van der Waals surface area (Å²) < 4.78 is 30.4. The number of nitrogens with two attached hydrogens (primary N) is 1. The molecular weight excluding hydrogens is 206 g/mol. The fourth-order valence-corrected chi connectivity index (χ4v) is 0.908. The van der Waals surface area contributed by atoms with Gasteiger partial charge in [-0.2, -0.15) is 0 Å². The van der Waals surface area contributed by atoms with Gasteiger partial charge in [-0.3, -0.25) is 0 Å². The Morgan fingerprint density at radius 2 is 2.20 bits per heavy atom. The maximum absolute atomic E-state index is 13.0. The monoisotopic (exact) mass is 216 g/mol. The van der Waals surface area contributed by atoms with Crippen LogP contribution in [0.1, 0.15) is 6.42 Å². The standard InChI is InChI=1S/C9H10F2N2O2/c10-6-1-2-8(7(11)5-6)15-4-3-9(12)13-14/h1-2,5,14H,3-4H2,(H2,12,13). The third-order valence-electron chi connectivity index (χ3n) is 1.64. The highest BCUT2D eigenvalue weighted by molar-refractivity contribution is 5.79. The minimum atomic E-state index is -0.783. The zero-order valence-electron chi connectivity index (χ0n) is 7.78. The molecule has 0 radical (unpaired) electrons. The Kier molecular flexibility index (Phi) is 3.84. The van der Waals surface area contributed by atoms with E-state index in [-0.39, 0.29) is 24.6 Å². The van der Waals surface area contributed by atoms with Crippen LogP contribution in [0.4, 0.5) is 8.78 Å². The average molecular weight is 216 g/mol. The van der Waals surface area contributed by atoms with Crippen LogP contribution in [0.5, 0.6) is 5.75 Å². The number of ether oxygens (including phenoxy) is 1. The molecule has 1 aromatic rings. The first-order valence-electron chi connectivity index (χ1n) is 4.17. The van der Waals surface area contributed by atoms with Gasteiger partial charge in [0.1, 0.15) is 11.7 Å². The lowest BCUT2D eigenvalue weighted by molar-refractivity contribution is 0.298. The van der Waals surface area contributed by atoms with Crippen molar-refractivity contribution in [3.05, 3.63) is 29.8 Å². The fraction of sp³-hybridized carbons (Fsp3) is 0.222. The predicted octanol–water partition coefficient (Wildman–Crippen LogP) is 1.48. The van der Waals surface area contributed by atoms with E-state index < -0.39 is 11.6 Å². The lowest BCUT2D eigenvalue weighted by Crippen LogP contribution is -2.15. The molecule has 1 aromatic carbocycles. The minimum absolute atomic E-state index is 0.0162. The molecule has 0 heterocycles. The van der Waals surface area contributed by atoms with Crippen LogP contribution in [0.2, 0.25) is 0 Å². The third kappa shape index (κ3) is 3.41. The van der Waals surface area contributed by atoms with Crippen molar-refractivity contribution >= 4 is 5.84 Å². The fourth-order valence-electron chi connectivity index (χ4n) is 0.908. The van der Waals surface area contributed by atoms with Crippen LogP contribution in [0, 0.1) is 11.6 Å². The van der Waals surface area contributed by atoms with E-state index in [1.807, 2.05) is 0 Å². The topological polar surface area (TPSA) is 67.8 Å². The van der Waals surface area contributed by atoms with Gasteiger partial charge >= 0.3 is 0 Å². The Morgan fingerprint density at radius 3 is 2.80 bits per heavy atom. The number of benzene rings is 1. The summed E-state index contributed by atoms with van der Waals surface area (Å²) >= 11 is 0. The van der Waals surface area contributed by atoms with Gasteiger partial charge in [-0.25, -0.2) is 8.78 Å². The molecule has 4 nitrogen and oxygen atoms in total. The lowest BCUT2D eigenvalue weighted by atomic mass is 10.3. The van der Waals surface area contributed by atoms with Crippen molar-refractivity contribution in [3.8, 4) is 5.75 Å². The molecule has 0 aliphatic carbocycles. The van der Waals surface area contributed by atoms with Crippen LogP contribution in [0.15, 0.2) is 23.4 Å². The third-order valence-corrected chi connectivity index (χ3v) is 1.64. The SMILES string of the molecule is N/C(CCOc1ccc(F)cc1F)=N\O. The Morgan fingerprint density at radius 1 is 1.47 bits per heavy atom. The van der Waals surface area contributed by atoms with Crippen LogP contribution in [0.25, 0.3) is 0 Å². The van der Waals surface area contributed by atoms with Crippen LogP contribution >= 0.6 is 0 Å². The second-order valence-electron chi connectivity index (χ2n) is 2.76. The van der Waals surface area contributed by atoms with Gasteiger partial charge in [-0.05, 0) is 12.1 Å². The van der Waals surface area contributed by atoms with E-state index in [2.05, 4.69) is 5.16 Å². The summed E-state index contributed by atoms with van der Waals surface area (Å²) in [6, 6.07) is 2.98. The molecule has 15 heavy (non-hydrogen) atoms. The second-order valence-corrected chi connectivity index (χ2v) is 2.76. The number of halogens is 2. The molecule has 0 saturated heterocycles. The largest absolute Gasteiger partial charge is 0.490 e. The van der Waals surface area contributed by atoms with Gasteiger partial charge in [0.15, 0.2) is 11.6 Å². The molecule has 3 N–H and O–H groups in total. The first-order chi connectivity index (χ1) is 7.13. The van der Waals surface area contributed by atoms with Crippen LogP contribution in [-0.4, -0.2) is 17.6 Å². The maximum Gasteiger partial charge on any atom is 0.167 e. The summed E-state index contributed by atoms with van der Waals surface area (Å²) in [5.74, 6) is -1.54. The minimum Gasteiger partial charge on any atom is -0.490 e. The van der Waals surface area contributed by atoms with Gasteiger partial charge in [0, 0.05) is 12.5 Å². The first kappa shape index (κ1) is 11.2. The molecule has 0 saturated carbocycles. The van der Waals surface area contributed by atoms with E-state index in [4.69, 9.17) is 15.7 Å². The van der Waals surface area contributed by atoms with Gasteiger partial charge in [-0.1, -0.05) is 5.16 Å². The summed E-state index contributed by atoms with van der Waals surface area (Å²) in [4.78, 5) is 0. The average Bonchev–Trinajstić information content (AvgIpc) is 2.21. The quantitative estimate of drug-likeness (QED) is 0.346. The molecule has 0 amide bonds. The first-order valence-corrected chi connectivity index (χ1v) is 4.17. The molecule has 6 heteroatoms. The molecule has 0 aliphatic heterocycles. The molecule has 0 fully saturated rings. The molecule has 1 rings (SSSR count). The molecule has 0 aliphatic rings. The molecule has 82 valence electrons. The molecule has 0 unspecified atom stereocenters. The van der Waals surface area contributed by atoms with Crippen molar-refractivity contribution < 1.29 is 18.7 Å². The smallest absolute Gasteiger partial charge is 0.167 e. The maximum atomic E-state index is 13.0. The van der Waals surface area contributed by atoms with Crippen LogP contribution in [0.3, 0.4) is 0 Å². The van der Waals surface area contributed by atoms with Gasteiger partial charge in [0.25, 0.3) is 0 Å². The normalized spacial score (nSPS) is 11.5. The van der Waals surface area contributed by atoms with E-state index in [1.165, 1.54) is 6.07 Å². The van der Waals surface area contributed by atoms with E-state index >= 15 is 0 Å². The van der Waals surface area contributed by atoms with Crippen LogP contribution in [-0.2, 0) is 0 Å². The van der Waals surface area contributed by atoms with E-state index in [0.717, 1.165) is 12.1 Å². The summed E-state index contributed by atoms with van der Waals surface area (Å²) in [6.07, 6.45) is 0.160. The number of hydrogen-bond donors (Lipinski definition) is 2. The van der Waals surface area contributed by atoms with Crippen LogP contribution < -0.4 is 10.5 Å². The molecule has 0 spiro atoms. The highest BCUT2D eigenvalue weighted by Gasteiger charge is 2.04. The lowest BCUT2D eigenvalue weighted by Gasteiger charge is -2.06. The Labute approximate surface area is 85.0 Å². The zero-order chi connectivity index (χ0) is 11.3. The number of oxime groups is 1. The number of hydrogen-bond acceptors (Lipinski definition) is 3. The van der Waals surface area contributed by atoms with E-state index in [0.29, 0.717) is 0 Å². The highest BCUT2D eigenvalue weighted by Crippen LogP contribution is 2.17. The zero-order valence-corrected chi connectivity index (χ0v) is 7.78. The van der Waals surface area contributed by atoms with E-state index in [1.54, 1.807) is 0 Å². The van der Waals surface area contributed by atoms with Gasteiger partial charge in [-0.15, -0.1) is 0 Å². The number of nitrogens with zero attached hydrogens (tertiary/aromatic N) is 1. The van der Waals surface area contributed by atoms with Gasteiger partial charge < -0.3 is 15.7 Å². The molecule has 0 atom stereocenters. The van der Waals surface area contributed by atoms with Crippen molar-refractivity contribution in [1.82, 2.24) is 0 Å². The second kappa shape index (κ2) is 5.14. The summed E-state index contributed by atoms with van der Waals surface area (Å²) in [5, 5.41) is 10.9. The predicted molar refractivity (Wildman–Crippen MR) is 49.9 cm³/mol. The summed E-state index contributed by atoms with van der Waals surface area (Å²) in [5.41, 5.74) is 5.17. The molecular formula is C9H10F2N2O2. The molecule has 0 aromatic heterocycles. The van der Waals surface area contributed by atoms with Gasteiger partial charge in [0.2, 0.25) is 0 Å². The summed E-state index contributed by atoms with van der Waals surface area (Å²) in [6.45, 7) is 0.0540. The highest BCUT2D eigenvalue weighted by atomic mass is 19.1.